The number of carbonyl (C=O) groups excluding carboxylic acids is 1. The van der Waals surface area contributed by atoms with E-state index in [1.807, 2.05) is 0 Å². The van der Waals surface area contributed by atoms with Crippen LogP contribution in [0.5, 0.6) is 0 Å². The molecule has 0 aromatic heterocycles. The zero-order valence-corrected chi connectivity index (χ0v) is 19.6. The van der Waals surface area contributed by atoms with Crippen molar-refractivity contribution >= 4 is 5.91 Å². The third kappa shape index (κ3) is 5.23. The monoisotopic (exact) mass is 398 g/mol. The molecule has 0 saturated carbocycles. The van der Waals surface area contributed by atoms with Gasteiger partial charge < -0.3 is 4.90 Å². The van der Waals surface area contributed by atoms with Crippen molar-refractivity contribution in [2.24, 2.45) is 17.8 Å². The maximum atomic E-state index is 13.0. The van der Waals surface area contributed by atoms with Crippen molar-refractivity contribution in [1.82, 2.24) is 9.80 Å². The highest BCUT2D eigenvalue weighted by molar-refractivity contribution is 5.82. The Morgan fingerprint density at radius 1 is 1.00 bits per heavy atom. The van der Waals surface area contributed by atoms with Gasteiger partial charge >= 0.3 is 0 Å². The predicted octanol–water partition coefficient (Wildman–Crippen LogP) is 5.39. The molecular formula is C26H42N2O. The summed E-state index contributed by atoms with van der Waals surface area (Å²) in [5, 5.41) is 0. The summed E-state index contributed by atoms with van der Waals surface area (Å²) in [4.78, 5) is 17.8. The third-order valence-electron chi connectivity index (χ3n) is 7.42. The van der Waals surface area contributed by atoms with E-state index < -0.39 is 0 Å². The number of benzene rings is 1. The molecule has 0 bridgehead atoms. The van der Waals surface area contributed by atoms with Gasteiger partial charge in [-0.1, -0.05) is 37.3 Å². The Kier molecular flexibility index (Phi) is 6.77. The number of piperidine rings is 1. The lowest BCUT2D eigenvalue weighted by Crippen LogP contribution is -2.50. The first kappa shape index (κ1) is 22.3. The van der Waals surface area contributed by atoms with Gasteiger partial charge in [-0.2, -0.15) is 0 Å². The molecule has 1 aromatic carbocycles. The summed E-state index contributed by atoms with van der Waals surface area (Å²) in [6.45, 7) is 16.8. The zero-order valence-electron chi connectivity index (χ0n) is 19.6. The van der Waals surface area contributed by atoms with Crippen molar-refractivity contribution < 1.29 is 4.79 Å². The van der Waals surface area contributed by atoms with Crippen LogP contribution < -0.4 is 0 Å². The number of nitrogens with zero attached hydrogens (tertiary/aromatic N) is 2. The van der Waals surface area contributed by atoms with Crippen LogP contribution in [0.3, 0.4) is 0 Å². The van der Waals surface area contributed by atoms with E-state index in [9.17, 15) is 4.79 Å². The highest BCUT2D eigenvalue weighted by Gasteiger charge is 2.46. The van der Waals surface area contributed by atoms with E-state index in [-0.39, 0.29) is 17.0 Å². The molecule has 3 nitrogen and oxygen atoms in total. The number of amides is 1. The van der Waals surface area contributed by atoms with Crippen LogP contribution in [0.4, 0.5) is 0 Å². The fourth-order valence-corrected chi connectivity index (χ4v) is 5.63. The first-order valence-electron chi connectivity index (χ1n) is 11.7. The van der Waals surface area contributed by atoms with Gasteiger partial charge in [-0.05, 0) is 97.2 Å². The Morgan fingerprint density at radius 2 is 1.62 bits per heavy atom. The molecule has 162 valence electrons. The van der Waals surface area contributed by atoms with Gasteiger partial charge in [0.05, 0.1) is 0 Å². The third-order valence-corrected chi connectivity index (χ3v) is 7.42. The van der Waals surface area contributed by atoms with E-state index in [0.29, 0.717) is 11.8 Å². The summed E-state index contributed by atoms with van der Waals surface area (Å²) >= 11 is 0. The molecule has 2 fully saturated rings. The van der Waals surface area contributed by atoms with Crippen LogP contribution in [0.15, 0.2) is 30.3 Å². The molecular weight excluding hydrogens is 356 g/mol. The molecule has 2 aliphatic rings. The lowest BCUT2D eigenvalue weighted by atomic mass is 9.80. The lowest BCUT2D eigenvalue weighted by Gasteiger charge is -2.44. The fourth-order valence-electron chi connectivity index (χ4n) is 5.63. The SMILES string of the molecule is CCC1C(=O)N(C(C)(C)C)CC1CC(C)(C)N1CCC(Cc2ccccc2)CC1. The van der Waals surface area contributed by atoms with Gasteiger partial charge in [0.25, 0.3) is 0 Å². The Balaban J connectivity index is 1.58. The molecule has 0 aliphatic carbocycles. The van der Waals surface area contributed by atoms with Gasteiger partial charge in [0.1, 0.15) is 0 Å². The van der Waals surface area contributed by atoms with Crippen molar-refractivity contribution in [2.75, 3.05) is 19.6 Å². The van der Waals surface area contributed by atoms with Crippen LogP contribution in [0.1, 0.15) is 72.8 Å². The number of rotatable bonds is 6. The minimum absolute atomic E-state index is 0.0703. The minimum atomic E-state index is -0.0703. The molecule has 2 atom stereocenters. The number of carbonyl (C=O) groups is 1. The second-order valence-electron chi connectivity index (χ2n) is 11.0. The molecule has 0 spiro atoms. The molecule has 3 heteroatoms. The number of likely N-dealkylation sites (tertiary alicyclic amines) is 2. The normalized spacial score (nSPS) is 25.0. The van der Waals surface area contributed by atoms with Gasteiger partial charge in [0, 0.05) is 23.5 Å². The maximum Gasteiger partial charge on any atom is 0.226 e. The van der Waals surface area contributed by atoms with Gasteiger partial charge in [0.2, 0.25) is 5.91 Å². The van der Waals surface area contributed by atoms with Gasteiger partial charge in [-0.3, -0.25) is 9.69 Å². The van der Waals surface area contributed by atoms with E-state index in [4.69, 9.17) is 0 Å². The molecule has 1 aromatic rings. The average molecular weight is 399 g/mol. The second kappa shape index (κ2) is 8.79. The lowest BCUT2D eigenvalue weighted by molar-refractivity contribution is -0.135. The largest absolute Gasteiger partial charge is 0.337 e. The predicted molar refractivity (Wildman–Crippen MR) is 122 cm³/mol. The Bertz CT molecular complexity index is 668. The first-order chi connectivity index (χ1) is 13.6. The molecule has 2 heterocycles. The molecule has 1 amide bonds. The van der Waals surface area contributed by atoms with Gasteiger partial charge in [-0.25, -0.2) is 0 Å². The molecule has 2 unspecified atom stereocenters. The van der Waals surface area contributed by atoms with E-state index in [1.165, 1.54) is 37.9 Å². The molecule has 3 rings (SSSR count). The summed E-state index contributed by atoms with van der Waals surface area (Å²) < 4.78 is 0. The van der Waals surface area contributed by atoms with Crippen molar-refractivity contribution in [1.29, 1.82) is 0 Å². The van der Waals surface area contributed by atoms with Gasteiger partial charge in [-0.15, -0.1) is 0 Å². The van der Waals surface area contributed by atoms with E-state index >= 15 is 0 Å². The van der Waals surface area contributed by atoms with Crippen LogP contribution >= 0.6 is 0 Å². The van der Waals surface area contributed by atoms with Crippen molar-refractivity contribution in [3.8, 4) is 0 Å². The average Bonchev–Trinajstić information content (AvgIpc) is 2.98. The Labute approximate surface area is 178 Å². The smallest absolute Gasteiger partial charge is 0.226 e. The second-order valence-corrected chi connectivity index (χ2v) is 11.0. The summed E-state index contributed by atoms with van der Waals surface area (Å²) in [7, 11) is 0. The first-order valence-corrected chi connectivity index (χ1v) is 11.7. The maximum absolute atomic E-state index is 13.0. The summed E-state index contributed by atoms with van der Waals surface area (Å²) in [6, 6.07) is 10.9. The van der Waals surface area contributed by atoms with Gasteiger partial charge in [0.15, 0.2) is 0 Å². The van der Waals surface area contributed by atoms with Crippen molar-refractivity contribution in [2.45, 2.75) is 84.7 Å². The summed E-state index contributed by atoms with van der Waals surface area (Å²) in [5.74, 6) is 1.85. The van der Waals surface area contributed by atoms with Crippen LogP contribution in [-0.2, 0) is 11.2 Å². The molecule has 0 radical (unpaired) electrons. The number of hydrogen-bond acceptors (Lipinski definition) is 2. The van der Waals surface area contributed by atoms with Crippen molar-refractivity contribution in [3.63, 3.8) is 0 Å². The standard InChI is InChI=1S/C26H42N2O/c1-7-23-22(19-28(24(23)29)25(2,3)4)18-26(5,6)27-15-13-21(14-16-27)17-20-11-9-8-10-12-20/h8-12,21-23H,7,13-19H2,1-6H3. The highest BCUT2D eigenvalue weighted by atomic mass is 16.2. The van der Waals surface area contributed by atoms with Crippen molar-refractivity contribution in [3.05, 3.63) is 35.9 Å². The van der Waals surface area contributed by atoms with Crippen LogP contribution in [-0.4, -0.2) is 46.4 Å². The molecule has 0 N–H and O–H groups in total. The Hall–Kier alpha value is -1.35. The van der Waals surface area contributed by atoms with Crippen LogP contribution in [0, 0.1) is 17.8 Å². The highest BCUT2D eigenvalue weighted by Crippen LogP contribution is 2.39. The molecule has 29 heavy (non-hydrogen) atoms. The topological polar surface area (TPSA) is 23.6 Å². The zero-order chi connectivity index (χ0) is 21.2. The summed E-state index contributed by atoms with van der Waals surface area (Å²) in [6.07, 6.45) is 5.86. The fraction of sp³-hybridized carbons (Fsp3) is 0.731. The van der Waals surface area contributed by atoms with Crippen LogP contribution in [0.25, 0.3) is 0 Å². The van der Waals surface area contributed by atoms with E-state index in [0.717, 1.165) is 25.3 Å². The van der Waals surface area contributed by atoms with E-state index in [1.54, 1.807) is 0 Å². The van der Waals surface area contributed by atoms with Crippen LogP contribution in [0.2, 0.25) is 0 Å². The number of hydrogen-bond donors (Lipinski definition) is 0. The molecule has 2 aliphatic heterocycles. The Morgan fingerprint density at radius 3 is 2.17 bits per heavy atom. The minimum Gasteiger partial charge on any atom is -0.337 e. The quantitative estimate of drug-likeness (QED) is 0.641. The summed E-state index contributed by atoms with van der Waals surface area (Å²) in [5.41, 5.74) is 1.56. The molecule has 2 saturated heterocycles. The van der Waals surface area contributed by atoms with E-state index in [2.05, 4.69) is 81.7 Å².